The van der Waals surface area contributed by atoms with Crippen molar-refractivity contribution in [2.75, 3.05) is 25.0 Å². The van der Waals surface area contributed by atoms with Crippen LogP contribution in [0.5, 0.6) is 0 Å². The zero-order valence-electron chi connectivity index (χ0n) is 16.4. The maximum atomic E-state index is 12.9. The Morgan fingerprint density at radius 1 is 1.25 bits per heavy atom. The second-order valence-electron chi connectivity index (χ2n) is 8.52. The molecular weight excluding hydrogens is 360 g/mol. The number of rotatable bonds is 3. The van der Waals surface area contributed by atoms with E-state index in [1.54, 1.807) is 39.0 Å². The fourth-order valence-corrected chi connectivity index (χ4v) is 3.95. The standard InChI is InChI=1S/C20H26N4O4/c1-20(2,3)28-19(26)23-18-22-16-13(5-4-6-15(16)27-18)17(25)21-14-11-24-9-7-12(14)8-10-24/h4-6,12,14H,7-11H2,1-3H3,(H,21,25)(H,22,23,26). The van der Waals surface area contributed by atoms with Gasteiger partial charge in [0.15, 0.2) is 5.58 Å². The third-order valence-electron chi connectivity index (χ3n) is 5.24. The number of hydrogen-bond acceptors (Lipinski definition) is 6. The largest absolute Gasteiger partial charge is 0.443 e. The minimum Gasteiger partial charge on any atom is -0.443 e. The van der Waals surface area contributed by atoms with Crippen molar-refractivity contribution >= 4 is 29.1 Å². The van der Waals surface area contributed by atoms with E-state index in [-0.39, 0.29) is 18.0 Å². The summed E-state index contributed by atoms with van der Waals surface area (Å²) in [5.74, 6) is 0.372. The third kappa shape index (κ3) is 3.96. The SMILES string of the molecule is CC(C)(C)OC(=O)Nc1nc2c(C(=O)NC3CN4CCC3CC4)cccc2o1. The van der Waals surface area contributed by atoms with Gasteiger partial charge in [0.2, 0.25) is 0 Å². The highest BCUT2D eigenvalue weighted by molar-refractivity contribution is 6.05. The summed E-state index contributed by atoms with van der Waals surface area (Å²) in [6.45, 7) is 8.46. The Bertz CT molecular complexity index is 893. The zero-order valence-corrected chi connectivity index (χ0v) is 16.4. The van der Waals surface area contributed by atoms with Crippen molar-refractivity contribution in [1.29, 1.82) is 0 Å². The Morgan fingerprint density at radius 2 is 2.00 bits per heavy atom. The molecule has 28 heavy (non-hydrogen) atoms. The van der Waals surface area contributed by atoms with Gasteiger partial charge >= 0.3 is 12.1 Å². The van der Waals surface area contributed by atoms with Crippen LogP contribution in [0.4, 0.5) is 10.8 Å². The van der Waals surface area contributed by atoms with Gasteiger partial charge < -0.3 is 19.4 Å². The maximum absolute atomic E-state index is 12.9. The number of hydrogen-bond donors (Lipinski definition) is 2. The van der Waals surface area contributed by atoms with Crippen LogP contribution in [-0.2, 0) is 4.74 Å². The molecule has 1 atom stereocenters. The summed E-state index contributed by atoms with van der Waals surface area (Å²) in [6.07, 6.45) is 1.60. The topological polar surface area (TPSA) is 96.7 Å². The normalized spacial score (nSPS) is 24.2. The number of fused-ring (bicyclic) bond motifs is 4. The van der Waals surface area contributed by atoms with Crippen molar-refractivity contribution in [3.8, 4) is 0 Å². The predicted octanol–water partition coefficient (Wildman–Crippen LogP) is 3.00. The number of ether oxygens (including phenoxy) is 1. The van der Waals surface area contributed by atoms with Crippen molar-refractivity contribution in [2.24, 2.45) is 5.92 Å². The van der Waals surface area contributed by atoms with E-state index in [1.807, 2.05) is 0 Å². The molecule has 0 radical (unpaired) electrons. The van der Waals surface area contributed by atoms with Crippen LogP contribution in [0.15, 0.2) is 22.6 Å². The summed E-state index contributed by atoms with van der Waals surface area (Å²) >= 11 is 0. The lowest BCUT2D eigenvalue weighted by Crippen LogP contribution is -2.57. The predicted molar refractivity (Wildman–Crippen MR) is 104 cm³/mol. The molecule has 3 aliphatic heterocycles. The van der Waals surface area contributed by atoms with E-state index >= 15 is 0 Å². The Balaban J connectivity index is 1.50. The number of benzene rings is 1. The quantitative estimate of drug-likeness (QED) is 0.842. The van der Waals surface area contributed by atoms with Crippen LogP contribution in [0.3, 0.4) is 0 Å². The van der Waals surface area contributed by atoms with E-state index < -0.39 is 11.7 Å². The first kappa shape index (κ1) is 18.7. The number of piperidine rings is 3. The minimum atomic E-state index is -0.655. The van der Waals surface area contributed by atoms with Gasteiger partial charge in [-0.3, -0.25) is 4.79 Å². The second-order valence-corrected chi connectivity index (χ2v) is 8.52. The summed E-state index contributed by atoms with van der Waals surface area (Å²) in [6, 6.07) is 5.35. The van der Waals surface area contributed by atoms with Crippen LogP contribution >= 0.6 is 0 Å². The Hall–Kier alpha value is -2.61. The molecule has 4 heterocycles. The molecule has 0 aliphatic carbocycles. The van der Waals surface area contributed by atoms with Crippen molar-refractivity contribution in [3.63, 3.8) is 0 Å². The monoisotopic (exact) mass is 386 g/mol. The Labute approximate surface area is 163 Å². The average Bonchev–Trinajstić information content (AvgIpc) is 3.03. The highest BCUT2D eigenvalue weighted by Gasteiger charge is 2.35. The smallest absolute Gasteiger partial charge is 0.415 e. The number of nitrogens with one attached hydrogen (secondary N) is 2. The van der Waals surface area contributed by atoms with Crippen LogP contribution < -0.4 is 10.6 Å². The number of anilines is 1. The summed E-state index contributed by atoms with van der Waals surface area (Å²) in [7, 11) is 0. The number of aromatic nitrogens is 1. The van der Waals surface area contributed by atoms with Crippen LogP contribution in [0.25, 0.3) is 11.1 Å². The van der Waals surface area contributed by atoms with Gasteiger partial charge in [0.1, 0.15) is 11.1 Å². The number of nitrogens with zero attached hydrogens (tertiary/aromatic N) is 2. The highest BCUT2D eigenvalue weighted by Crippen LogP contribution is 2.28. The van der Waals surface area contributed by atoms with Crippen molar-refractivity contribution < 1.29 is 18.7 Å². The summed E-state index contributed by atoms with van der Waals surface area (Å²) in [5, 5.41) is 5.65. The molecule has 0 spiro atoms. The molecule has 2 aromatic rings. The Kier molecular flexibility index (Phi) is 4.74. The molecule has 0 saturated carbocycles. The van der Waals surface area contributed by atoms with E-state index in [0.717, 1.165) is 32.5 Å². The highest BCUT2D eigenvalue weighted by atomic mass is 16.6. The molecule has 3 saturated heterocycles. The number of amides is 2. The zero-order chi connectivity index (χ0) is 19.9. The second kappa shape index (κ2) is 7.09. The van der Waals surface area contributed by atoms with Crippen molar-refractivity contribution in [2.45, 2.75) is 45.3 Å². The lowest BCUT2D eigenvalue weighted by atomic mass is 9.84. The first-order valence-electron chi connectivity index (χ1n) is 9.71. The Morgan fingerprint density at radius 3 is 2.64 bits per heavy atom. The number of oxazole rings is 1. The van der Waals surface area contributed by atoms with Gasteiger partial charge in [0, 0.05) is 12.6 Å². The van der Waals surface area contributed by atoms with Gasteiger partial charge in [0.05, 0.1) is 5.56 Å². The minimum absolute atomic E-state index is 0.00679. The molecule has 8 heteroatoms. The van der Waals surface area contributed by atoms with E-state index in [9.17, 15) is 9.59 Å². The number of carbonyl (C=O) groups is 2. The summed E-state index contributed by atoms with van der Waals surface area (Å²) in [4.78, 5) is 31.5. The molecule has 2 bridgehead atoms. The van der Waals surface area contributed by atoms with Gasteiger partial charge in [-0.05, 0) is 64.8 Å². The molecule has 1 unspecified atom stereocenters. The lowest BCUT2D eigenvalue weighted by Gasteiger charge is -2.44. The van der Waals surface area contributed by atoms with Crippen LogP contribution in [0, 0.1) is 5.92 Å². The van der Waals surface area contributed by atoms with Gasteiger partial charge in [-0.1, -0.05) is 6.07 Å². The molecule has 3 fully saturated rings. The molecule has 5 rings (SSSR count). The first-order valence-corrected chi connectivity index (χ1v) is 9.71. The van der Waals surface area contributed by atoms with Gasteiger partial charge in [-0.2, -0.15) is 4.98 Å². The molecule has 3 aliphatic rings. The van der Waals surface area contributed by atoms with Crippen LogP contribution in [0.2, 0.25) is 0 Å². The molecule has 1 aromatic carbocycles. The molecular formula is C20H26N4O4. The summed E-state index contributed by atoms with van der Waals surface area (Å²) < 4.78 is 10.8. The molecule has 8 nitrogen and oxygen atoms in total. The van der Waals surface area contributed by atoms with E-state index in [1.165, 1.54) is 0 Å². The number of carbonyl (C=O) groups excluding carboxylic acids is 2. The van der Waals surface area contributed by atoms with E-state index in [2.05, 4.69) is 20.5 Å². The van der Waals surface area contributed by atoms with Crippen molar-refractivity contribution in [1.82, 2.24) is 15.2 Å². The van der Waals surface area contributed by atoms with Crippen LogP contribution in [-0.4, -0.2) is 53.2 Å². The third-order valence-corrected chi connectivity index (χ3v) is 5.24. The van der Waals surface area contributed by atoms with E-state index in [4.69, 9.17) is 9.15 Å². The first-order chi connectivity index (χ1) is 13.3. The van der Waals surface area contributed by atoms with E-state index in [0.29, 0.717) is 22.6 Å². The molecule has 150 valence electrons. The fraction of sp³-hybridized carbons (Fsp3) is 0.550. The molecule has 2 N–H and O–H groups in total. The average molecular weight is 386 g/mol. The lowest BCUT2D eigenvalue weighted by molar-refractivity contribution is 0.0618. The van der Waals surface area contributed by atoms with Gasteiger partial charge in [0.25, 0.3) is 5.91 Å². The van der Waals surface area contributed by atoms with Crippen LogP contribution in [0.1, 0.15) is 44.0 Å². The molecule has 2 amide bonds. The number of para-hydroxylation sites is 1. The van der Waals surface area contributed by atoms with Gasteiger partial charge in [-0.25, -0.2) is 10.1 Å². The fourth-order valence-electron chi connectivity index (χ4n) is 3.95. The molecule has 1 aromatic heterocycles. The summed E-state index contributed by atoms with van der Waals surface area (Å²) in [5.41, 5.74) is 0.672. The maximum Gasteiger partial charge on any atom is 0.415 e. The van der Waals surface area contributed by atoms with Crippen molar-refractivity contribution in [3.05, 3.63) is 23.8 Å². The van der Waals surface area contributed by atoms with Gasteiger partial charge in [-0.15, -0.1) is 0 Å².